The summed E-state index contributed by atoms with van der Waals surface area (Å²) in [5.74, 6) is 0. The van der Waals surface area contributed by atoms with E-state index >= 15 is 0 Å². The van der Waals surface area contributed by atoms with E-state index in [0.717, 1.165) is 5.69 Å². The zero-order chi connectivity index (χ0) is 4.41. The predicted octanol–water partition coefficient (Wildman–Crippen LogP) is 1.25. The second-order valence-electron chi connectivity index (χ2n) is 1.08. The molecule has 0 bridgehead atoms. The molecule has 3 heteroatoms. The van der Waals surface area contributed by atoms with E-state index in [4.69, 9.17) is 0 Å². The first-order valence-corrected chi connectivity index (χ1v) is 2.56. The SMILES string of the molecule is Cc1cs[c-]n1.[Y]. The van der Waals surface area contributed by atoms with Gasteiger partial charge in [0, 0.05) is 32.7 Å². The number of aromatic nitrogens is 1. The number of hydrogen-bond donors (Lipinski definition) is 0. The Morgan fingerprint density at radius 2 is 2.57 bits per heavy atom. The van der Waals surface area contributed by atoms with Crippen molar-refractivity contribution >= 4 is 11.3 Å². The fourth-order valence-corrected chi connectivity index (χ4v) is 0.709. The van der Waals surface area contributed by atoms with Crippen molar-refractivity contribution in [3.05, 3.63) is 16.6 Å². The van der Waals surface area contributed by atoms with Crippen molar-refractivity contribution in [3.63, 3.8) is 0 Å². The molecule has 0 N–H and O–H groups in total. The second kappa shape index (κ2) is 3.70. The first-order valence-electron chi connectivity index (χ1n) is 1.68. The van der Waals surface area contributed by atoms with Gasteiger partial charge in [0.1, 0.15) is 0 Å². The van der Waals surface area contributed by atoms with Crippen LogP contribution in [-0.2, 0) is 32.7 Å². The Bertz CT molecular complexity index is 115. The summed E-state index contributed by atoms with van der Waals surface area (Å²) in [6, 6.07) is 0. The average Bonchev–Trinajstić information content (AvgIpc) is 1.86. The van der Waals surface area contributed by atoms with Gasteiger partial charge in [0.05, 0.1) is 0 Å². The smallest absolute Gasteiger partial charge is 0 e. The Kier molecular flexibility index (Phi) is 4.09. The average molecular weight is 187 g/mol. The molecule has 1 heterocycles. The molecule has 0 unspecified atom stereocenters. The van der Waals surface area contributed by atoms with Crippen molar-refractivity contribution in [2.75, 3.05) is 0 Å². The minimum Gasteiger partial charge on any atom is -0.391 e. The van der Waals surface area contributed by atoms with Crippen molar-refractivity contribution in [3.8, 4) is 0 Å². The van der Waals surface area contributed by atoms with Gasteiger partial charge in [-0.2, -0.15) is 0 Å². The molecule has 1 radical (unpaired) electrons. The van der Waals surface area contributed by atoms with Crippen LogP contribution in [0.2, 0.25) is 0 Å². The molecule has 1 rings (SSSR count). The van der Waals surface area contributed by atoms with Crippen molar-refractivity contribution in [2.45, 2.75) is 6.92 Å². The fraction of sp³-hybridized carbons (Fsp3) is 0.250. The standard InChI is InChI=1S/C4H4NS.Y/c1-4-2-6-3-5-4;/h2H,1H3;/q-1;. The van der Waals surface area contributed by atoms with Crippen molar-refractivity contribution in [2.24, 2.45) is 0 Å². The van der Waals surface area contributed by atoms with Gasteiger partial charge in [0.15, 0.2) is 0 Å². The Hall–Kier alpha value is 0.734. The van der Waals surface area contributed by atoms with Crippen LogP contribution in [-0.4, -0.2) is 4.98 Å². The monoisotopic (exact) mass is 187 g/mol. The first kappa shape index (κ1) is 7.73. The maximum absolute atomic E-state index is 3.81. The number of aryl methyl sites for hydroxylation is 1. The van der Waals surface area contributed by atoms with E-state index < -0.39 is 0 Å². The van der Waals surface area contributed by atoms with Gasteiger partial charge in [0.2, 0.25) is 0 Å². The summed E-state index contributed by atoms with van der Waals surface area (Å²) in [6.07, 6.45) is 0. The van der Waals surface area contributed by atoms with Crippen molar-refractivity contribution in [1.82, 2.24) is 4.98 Å². The summed E-state index contributed by atoms with van der Waals surface area (Å²) >= 11 is 1.50. The molecule has 0 aromatic carbocycles. The van der Waals surface area contributed by atoms with Gasteiger partial charge in [-0.3, -0.25) is 11.3 Å². The van der Waals surface area contributed by atoms with Gasteiger partial charge in [-0.05, 0) is 5.51 Å². The predicted molar refractivity (Wildman–Crippen MR) is 25.7 cm³/mol. The Balaban J connectivity index is 0.000000360. The van der Waals surface area contributed by atoms with E-state index in [1.54, 1.807) is 0 Å². The van der Waals surface area contributed by atoms with Crippen LogP contribution in [0.5, 0.6) is 0 Å². The van der Waals surface area contributed by atoms with Gasteiger partial charge in [0.25, 0.3) is 0 Å². The first-order chi connectivity index (χ1) is 2.89. The third-order valence-corrected chi connectivity index (χ3v) is 1.16. The third kappa shape index (κ3) is 2.52. The van der Waals surface area contributed by atoms with E-state index in [1.807, 2.05) is 12.3 Å². The Morgan fingerprint density at radius 1 is 1.86 bits per heavy atom. The van der Waals surface area contributed by atoms with Gasteiger partial charge in [-0.25, -0.2) is 0 Å². The third-order valence-electron chi connectivity index (χ3n) is 0.504. The van der Waals surface area contributed by atoms with Gasteiger partial charge in [-0.1, -0.05) is 6.92 Å². The molecule has 0 amide bonds. The zero-order valence-corrected chi connectivity index (χ0v) is 7.66. The Labute approximate surface area is 72.0 Å². The molecule has 0 aliphatic carbocycles. The second-order valence-corrected chi connectivity index (χ2v) is 1.73. The van der Waals surface area contributed by atoms with Crippen LogP contribution in [0.25, 0.3) is 0 Å². The molecule has 1 nitrogen and oxygen atoms in total. The van der Waals surface area contributed by atoms with Crippen LogP contribution in [0.3, 0.4) is 0 Å². The Morgan fingerprint density at radius 3 is 2.71 bits per heavy atom. The van der Waals surface area contributed by atoms with E-state index in [2.05, 4.69) is 10.5 Å². The molecule has 35 valence electrons. The van der Waals surface area contributed by atoms with Crippen molar-refractivity contribution in [1.29, 1.82) is 0 Å². The van der Waals surface area contributed by atoms with Crippen LogP contribution in [0.15, 0.2) is 5.38 Å². The maximum atomic E-state index is 3.81. The molecule has 0 saturated heterocycles. The van der Waals surface area contributed by atoms with Crippen LogP contribution in [0.4, 0.5) is 0 Å². The van der Waals surface area contributed by atoms with E-state index in [-0.39, 0.29) is 32.7 Å². The number of nitrogens with zero attached hydrogens (tertiary/aromatic N) is 1. The summed E-state index contributed by atoms with van der Waals surface area (Å²) < 4.78 is 0. The van der Waals surface area contributed by atoms with Gasteiger partial charge in [-0.15, -0.1) is 11.1 Å². The molecule has 0 atom stereocenters. The zero-order valence-electron chi connectivity index (χ0n) is 4.01. The number of hydrogen-bond acceptors (Lipinski definition) is 2. The normalized spacial score (nSPS) is 7.57. The molecular formula is C4H4NSY-. The largest absolute Gasteiger partial charge is 0.391 e. The maximum Gasteiger partial charge on any atom is 0 e. The quantitative estimate of drug-likeness (QED) is 0.557. The minimum absolute atomic E-state index is 0. The fourth-order valence-electron chi connectivity index (χ4n) is 0.236. The molecule has 0 aliphatic rings. The van der Waals surface area contributed by atoms with Crippen molar-refractivity contribution < 1.29 is 32.7 Å². The molecule has 1 aromatic rings. The van der Waals surface area contributed by atoms with Crippen LogP contribution in [0, 0.1) is 12.4 Å². The molecule has 7 heavy (non-hydrogen) atoms. The number of rotatable bonds is 0. The molecular weight excluding hydrogens is 183 g/mol. The number of thiazole rings is 1. The molecule has 0 spiro atoms. The summed E-state index contributed by atoms with van der Waals surface area (Å²) in [5.41, 5.74) is 3.78. The van der Waals surface area contributed by atoms with Crippen LogP contribution < -0.4 is 0 Å². The van der Waals surface area contributed by atoms with E-state index in [9.17, 15) is 0 Å². The summed E-state index contributed by atoms with van der Waals surface area (Å²) in [6.45, 7) is 1.95. The molecule has 0 saturated carbocycles. The van der Waals surface area contributed by atoms with Crippen LogP contribution in [0.1, 0.15) is 5.69 Å². The summed E-state index contributed by atoms with van der Waals surface area (Å²) in [4.78, 5) is 3.81. The summed E-state index contributed by atoms with van der Waals surface area (Å²) in [7, 11) is 0. The van der Waals surface area contributed by atoms with Gasteiger partial charge >= 0.3 is 0 Å². The van der Waals surface area contributed by atoms with Gasteiger partial charge < -0.3 is 4.98 Å². The molecule has 0 fully saturated rings. The molecule has 1 aromatic heterocycles. The topological polar surface area (TPSA) is 12.9 Å². The molecule has 0 aliphatic heterocycles. The van der Waals surface area contributed by atoms with E-state index in [0.29, 0.717) is 0 Å². The van der Waals surface area contributed by atoms with Crippen LogP contribution >= 0.6 is 11.3 Å². The minimum atomic E-state index is 0. The summed E-state index contributed by atoms with van der Waals surface area (Å²) in [5, 5.41) is 1.96. The van der Waals surface area contributed by atoms with E-state index in [1.165, 1.54) is 11.3 Å².